The molecule has 162 valence electrons. The zero-order valence-corrected chi connectivity index (χ0v) is 17.5. The topological polar surface area (TPSA) is 111 Å². The molecule has 1 heterocycles. The Morgan fingerprint density at radius 2 is 1.77 bits per heavy atom. The molecule has 9 nitrogen and oxygen atoms in total. The molecule has 0 bridgehead atoms. The minimum absolute atomic E-state index is 0.103. The first-order valence-corrected chi connectivity index (χ1v) is 10.3. The molecule has 0 unspecified atom stereocenters. The maximum absolute atomic E-state index is 11.8. The van der Waals surface area contributed by atoms with E-state index in [4.69, 9.17) is 9.47 Å². The van der Waals surface area contributed by atoms with E-state index >= 15 is 0 Å². The second-order valence-corrected chi connectivity index (χ2v) is 7.38. The number of hydrogen-bond acceptors (Lipinski definition) is 8. The monoisotopic (exact) mass is 415 g/mol. The van der Waals surface area contributed by atoms with Crippen molar-refractivity contribution in [3.8, 4) is 11.5 Å². The summed E-state index contributed by atoms with van der Waals surface area (Å²) in [6.07, 6.45) is 8.71. The molecule has 0 saturated heterocycles. The quantitative estimate of drug-likeness (QED) is 0.356. The minimum atomic E-state index is -0.419. The van der Waals surface area contributed by atoms with E-state index in [0.717, 1.165) is 31.2 Å². The number of nitrogens with zero attached hydrogens (tertiary/aromatic N) is 3. The molecular weight excluding hydrogens is 386 g/mol. The number of nitro groups is 1. The summed E-state index contributed by atoms with van der Waals surface area (Å²) in [5.74, 6) is 1.83. The Hall–Kier alpha value is -3.10. The molecule has 1 aromatic carbocycles. The van der Waals surface area contributed by atoms with Crippen LogP contribution >= 0.6 is 0 Å². The highest BCUT2D eigenvalue weighted by atomic mass is 16.6. The number of ether oxygens (including phenoxy) is 2. The molecule has 9 heteroatoms. The lowest BCUT2D eigenvalue weighted by Gasteiger charge is -2.17. The molecular formula is C21H29N5O4. The van der Waals surface area contributed by atoms with Crippen molar-refractivity contribution in [2.45, 2.75) is 51.0 Å². The highest BCUT2D eigenvalue weighted by molar-refractivity contribution is 5.69. The summed E-state index contributed by atoms with van der Waals surface area (Å²) in [4.78, 5) is 19.6. The van der Waals surface area contributed by atoms with Gasteiger partial charge in [0.1, 0.15) is 6.33 Å². The Morgan fingerprint density at radius 1 is 1.07 bits per heavy atom. The van der Waals surface area contributed by atoms with Gasteiger partial charge in [-0.1, -0.05) is 31.7 Å². The Balaban J connectivity index is 1.69. The molecule has 0 spiro atoms. The number of benzene rings is 1. The third kappa shape index (κ3) is 5.49. The molecule has 2 N–H and O–H groups in total. The van der Waals surface area contributed by atoms with Gasteiger partial charge < -0.3 is 20.1 Å². The maximum atomic E-state index is 11.8. The Labute approximate surface area is 176 Å². The zero-order valence-electron chi connectivity index (χ0n) is 17.5. The van der Waals surface area contributed by atoms with Crippen molar-refractivity contribution in [3.05, 3.63) is 40.2 Å². The smallest absolute Gasteiger partial charge is 0.353 e. The number of methoxy groups -OCH3 is 2. The maximum Gasteiger partial charge on any atom is 0.353 e. The fourth-order valence-electron chi connectivity index (χ4n) is 3.77. The summed E-state index contributed by atoms with van der Waals surface area (Å²) in [6.45, 7) is 0.482. The standard InChI is InChI=1S/C21H29N5O4/c1-29-17-10-9-15(13-18(17)30-2)11-12-22-20-19(26(27)28)21(24-14-23-20)25-16-7-5-3-4-6-8-16/h9-10,13-14,16H,3-8,11-12H2,1-2H3,(H2,22,23,24,25). The Bertz CT molecular complexity index is 853. The molecule has 1 aliphatic carbocycles. The highest BCUT2D eigenvalue weighted by Crippen LogP contribution is 2.31. The van der Waals surface area contributed by atoms with Crippen molar-refractivity contribution in [2.24, 2.45) is 0 Å². The van der Waals surface area contributed by atoms with Crippen LogP contribution < -0.4 is 20.1 Å². The third-order valence-corrected chi connectivity index (χ3v) is 5.35. The summed E-state index contributed by atoms with van der Waals surface area (Å²) < 4.78 is 10.6. The van der Waals surface area contributed by atoms with Gasteiger partial charge in [-0.15, -0.1) is 0 Å². The summed E-state index contributed by atoms with van der Waals surface area (Å²) >= 11 is 0. The van der Waals surface area contributed by atoms with Gasteiger partial charge in [-0.25, -0.2) is 9.97 Å². The summed E-state index contributed by atoms with van der Waals surface area (Å²) in [7, 11) is 3.18. The molecule has 3 rings (SSSR count). The Kier molecular flexibility index (Phi) is 7.64. The molecule has 1 aliphatic rings. The summed E-state index contributed by atoms with van der Waals surface area (Å²) in [5, 5.41) is 18.1. The van der Waals surface area contributed by atoms with E-state index in [1.54, 1.807) is 14.2 Å². The van der Waals surface area contributed by atoms with Crippen LogP contribution in [0.5, 0.6) is 11.5 Å². The van der Waals surface area contributed by atoms with Gasteiger partial charge in [-0.3, -0.25) is 10.1 Å². The van der Waals surface area contributed by atoms with Gasteiger partial charge in [-0.2, -0.15) is 0 Å². The average molecular weight is 415 g/mol. The predicted octanol–water partition coefficient (Wildman–Crippen LogP) is 4.19. The lowest BCUT2D eigenvalue weighted by atomic mass is 10.1. The molecule has 1 fully saturated rings. The van der Waals surface area contributed by atoms with Crippen molar-refractivity contribution >= 4 is 17.3 Å². The van der Waals surface area contributed by atoms with E-state index in [2.05, 4.69) is 20.6 Å². The first-order valence-electron chi connectivity index (χ1n) is 10.3. The number of anilines is 2. The fourth-order valence-corrected chi connectivity index (χ4v) is 3.77. The second-order valence-electron chi connectivity index (χ2n) is 7.38. The number of aromatic nitrogens is 2. The van der Waals surface area contributed by atoms with E-state index < -0.39 is 4.92 Å². The average Bonchev–Trinajstić information content (AvgIpc) is 3.02. The van der Waals surface area contributed by atoms with E-state index in [-0.39, 0.29) is 23.4 Å². The first-order chi connectivity index (χ1) is 14.6. The normalized spacial score (nSPS) is 14.6. The van der Waals surface area contributed by atoms with Gasteiger partial charge in [0.05, 0.1) is 19.1 Å². The first kappa shape index (κ1) is 21.6. The molecule has 1 aromatic heterocycles. The van der Waals surface area contributed by atoms with Crippen molar-refractivity contribution in [1.82, 2.24) is 9.97 Å². The molecule has 30 heavy (non-hydrogen) atoms. The van der Waals surface area contributed by atoms with Crippen LogP contribution in [0.1, 0.15) is 44.1 Å². The van der Waals surface area contributed by atoms with Gasteiger partial charge in [0.15, 0.2) is 11.5 Å². The van der Waals surface area contributed by atoms with Crippen LogP contribution in [0.3, 0.4) is 0 Å². The molecule has 1 saturated carbocycles. The van der Waals surface area contributed by atoms with Crippen LogP contribution in [-0.4, -0.2) is 41.7 Å². The van der Waals surface area contributed by atoms with Gasteiger partial charge in [0.25, 0.3) is 0 Å². The molecule has 2 aromatic rings. The van der Waals surface area contributed by atoms with Gasteiger partial charge in [-0.05, 0) is 37.0 Å². The molecule has 0 aliphatic heterocycles. The minimum Gasteiger partial charge on any atom is -0.493 e. The Morgan fingerprint density at radius 3 is 2.43 bits per heavy atom. The largest absolute Gasteiger partial charge is 0.493 e. The lowest BCUT2D eigenvalue weighted by molar-refractivity contribution is -0.383. The van der Waals surface area contributed by atoms with Gasteiger partial charge >= 0.3 is 5.69 Å². The number of nitrogens with one attached hydrogen (secondary N) is 2. The van der Waals surface area contributed by atoms with Gasteiger partial charge in [0.2, 0.25) is 11.6 Å². The molecule has 0 radical (unpaired) electrons. The van der Waals surface area contributed by atoms with Crippen LogP contribution in [0, 0.1) is 10.1 Å². The van der Waals surface area contributed by atoms with Crippen LogP contribution in [-0.2, 0) is 6.42 Å². The van der Waals surface area contributed by atoms with E-state index in [9.17, 15) is 10.1 Å². The second kappa shape index (κ2) is 10.6. The summed E-state index contributed by atoms with van der Waals surface area (Å²) in [5.41, 5.74) is 0.919. The van der Waals surface area contributed by atoms with Crippen molar-refractivity contribution in [2.75, 3.05) is 31.4 Å². The van der Waals surface area contributed by atoms with Crippen LogP contribution in [0.2, 0.25) is 0 Å². The van der Waals surface area contributed by atoms with Crippen LogP contribution in [0.15, 0.2) is 24.5 Å². The fraction of sp³-hybridized carbons (Fsp3) is 0.524. The van der Waals surface area contributed by atoms with Crippen LogP contribution in [0.4, 0.5) is 17.3 Å². The number of rotatable bonds is 9. The summed E-state index contributed by atoms with van der Waals surface area (Å²) in [6, 6.07) is 5.89. The van der Waals surface area contributed by atoms with E-state index in [1.165, 1.54) is 19.2 Å². The highest BCUT2D eigenvalue weighted by Gasteiger charge is 2.25. The molecule has 0 atom stereocenters. The predicted molar refractivity (Wildman–Crippen MR) is 116 cm³/mol. The van der Waals surface area contributed by atoms with Crippen LogP contribution in [0.25, 0.3) is 0 Å². The third-order valence-electron chi connectivity index (χ3n) is 5.35. The van der Waals surface area contributed by atoms with Crippen molar-refractivity contribution < 1.29 is 14.4 Å². The van der Waals surface area contributed by atoms with Gasteiger partial charge in [0, 0.05) is 12.6 Å². The van der Waals surface area contributed by atoms with E-state index in [1.807, 2.05) is 18.2 Å². The lowest BCUT2D eigenvalue weighted by Crippen LogP contribution is -2.21. The van der Waals surface area contributed by atoms with Crippen molar-refractivity contribution in [3.63, 3.8) is 0 Å². The zero-order chi connectivity index (χ0) is 21.3. The molecule has 0 amide bonds. The number of hydrogen-bond donors (Lipinski definition) is 2. The SMILES string of the molecule is COc1ccc(CCNc2ncnc(NC3CCCCCC3)c2[N+](=O)[O-])cc1OC. The van der Waals surface area contributed by atoms with Crippen molar-refractivity contribution in [1.29, 1.82) is 0 Å². The van der Waals surface area contributed by atoms with E-state index in [0.29, 0.717) is 24.5 Å².